The van der Waals surface area contributed by atoms with Gasteiger partial charge in [0.25, 0.3) is 0 Å². The molecule has 0 radical (unpaired) electrons. The summed E-state index contributed by atoms with van der Waals surface area (Å²) in [5.41, 5.74) is 1.73. The molecule has 18 heavy (non-hydrogen) atoms. The zero-order chi connectivity index (χ0) is 13.0. The molecule has 0 spiro atoms. The summed E-state index contributed by atoms with van der Waals surface area (Å²) in [7, 11) is 1.61. The predicted molar refractivity (Wildman–Crippen MR) is 77.2 cm³/mol. The average Bonchev–Trinajstić information content (AvgIpc) is 2.66. The van der Waals surface area contributed by atoms with Crippen molar-refractivity contribution in [2.45, 2.75) is 13.3 Å². The average molecular weight is 265 g/mol. The van der Waals surface area contributed by atoms with E-state index < -0.39 is 0 Å². The Kier molecular flexibility index (Phi) is 4.53. The summed E-state index contributed by atoms with van der Waals surface area (Å²) in [4.78, 5) is 14.2. The van der Waals surface area contributed by atoms with E-state index in [1.807, 2.05) is 30.0 Å². The lowest BCUT2D eigenvalue weighted by Gasteiger charge is -2.25. The second-order valence-electron chi connectivity index (χ2n) is 4.36. The van der Waals surface area contributed by atoms with Crippen LogP contribution in [0.3, 0.4) is 0 Å². The van der Waals surface area contributed by atoms with Gasteiger partial charge in [-0.05, 0) is 31.2 Å². The van der Waals surface area contributed by atoms with Crippen LogP contribution in [0, 0.1) is 0 Å². The van der Waals surface area contributed by atoms with Gasteiger partial charge in [-0.3, -0.25) is 4.79 Å². The van der Waals surface area contributed by atoms with E-state index in [2.05, 4.69) is 4.90 Å². The van der Waals surface area contributed by atoms with Crippen molar-refractivity contribution in [1.82, 2.24) is 0 Å². The molecule has 1 aromatic rings. The van der Waals surface area contributed by atoms with Gasteiger partial charge in [-0.2, -0.15) is 11.8 Å². The standard InChI is InChI=1S/C14H19NO2S/c1-11(16)14-12(5-3-6-13(14)17-2)15-7-4-9-18-10-8-15/h3,5-6H,4,7-10H2,1-2H3. The second-order valence-corrected chi connectivity index (χ2v) is 5.59. The number of benzene rings is 1. The molecule has 0 bridgehead atoms. The molecule has 1 heterocycles. The Hall–Kier alpha value is -1.16. The van der Waals surface area contributed by atoms with E-state index in [9.17, 15) is 4.79 Å². The number of anilines is 1. The van der Waals surface area contributed by atoms with Crippen LogP contribution in [-0.4, -0.2) is 37.5 Å². The number of rotatable bonds is 3. The van der Waals surface area contributed by atoms with E-state index >= 15 is 0 Å². The van der Waals surface area contributed by atoms with E-state index in [1.165, 1.54) is 12.2 Å². The number of carbonyl (C=O) groups is 1. The molecule has 0 N–H and O–H groups in total. The van der Waals surface area contributed by atoms with Gasteiger partial charge in [0.1, 0.15) is 5.75 Å². The van der Waals surface area contributed by atoms with Crippen molar-refractivity contribution < 1.29 is 9.53 Å². The molecular weight excluding hydrogens is 246 g/mol. The molecule has 1 aliphatic heterocycles. The number of thioether (sulfide) groups is 1. The first kappa shape index (κ1) is 13.3. The highest BCUT2D eigenvalue weighted by atomic mass is 32.2. The largest absolute Gasteiger partial charge is 0.496 e. The van der Waals surface area contributed by atoms with Crippen LogP contribution in [0.15, 0.2) is 18.2 Å². The van der Waals surface area contributed by atoms with Gasteiger partial charge < -0.3 is 9.64 Å². The highest BCUT2D eigenvalue weighted by molar-refractivity contribution is 7.99. The molecule has 4 heteroatoms. The van der Waals surface area contributed by atoms with E-state index in [0.29, 0.717) is 11.3 Å². The Balaban J connectivity index is 2.38. The molecule has 0 atom stereocenters. The van der Waals surface area contributed by atoms with E-state index in [0.717, 1.165) is 24.5 Å². The van der Waals surface area contributed by atoms with Crippen molar-refractivity contribution in [2.24, 2.45) is 0 Å². The Labute approximate surface area is 113 Å². The molecule has 0 aliphatic carbocycles. The monoisotopic (exact) mass is 265 g/mol. The SMILES string of the molecule is COc1cccc(N2CCCSCC2)c1C(C)=O. The van der Waals surface area contributed by atoms with Crippen LogP contribution in [0.1, 0.15) is 23.7 Å². The van der Waals surface area contributed by atoms with E-state index in [4.69, 9.17) is 4.74 Å². The number of ether oxygens (including phenoxy) is 1. The first-order chi connectivity index (χ1) is 8.74. The van der Waals surface area contributed by atoms with E-state index in [1.54, 1.807) is 14.0 Å². The third-order valence-electron chi connectivity index (χ3n) is 3.14. The molecule has 1 fully saturated rings. The molecule has 0 saturated carbocycles. The zero-order valence-corrected chi connectivity index (χ0v) is 11.8. The van der Waals surface area contributed by atoms with Gasteiger partial charge in [0.05, 0.1) is 18.4 Å². The van der Waals surface area contributed by atoms with Crippen LogP contribution in [0.4, 0.5) is 5.69 Å². The van der Waals surface area contributed by atoms with Crippen LogP contribution < -0.4 is 9.64 Å². The molecule has 0 unspecified atom stereocenters. The quantitative estimate of drug-likeness (QED) is 0.786. The molecule has 0 amide bonds. The maximum absolute atomic E-state index is 11.9. The van der Waals surface area contributed by atoms with Gasteiger partial charge in [-0.25, -0.2) is 0 Å². The third kappa shape index (κ3) is 2.80. The zero-order valence-electron chi connectivity index (χ0n) is 10.9. The van der Waals surface area contributed by atoms with Gasteiger partial charge in [0, 0.05) is 18.8 Å². The van der Waals surface area contributed by atoms with Crippen LogP contribution in [0.5, 0.6) is 5.75 Å². The van der Waals surface area contributed by atoms with Crippen LogP contribution in [0.25, 0.3) is 0 Å². The summed E-state index contributed by atoms with van der Waals surface area (Å²) in [6.07, 6.45) is 1.17. The fourth-order valence-corrected chi connectivity index (χ4v) is 3.18. The smallest absolute Gasteiger partial charge is 0.165 e. The normalized spacial score (nSPS) is 16.2. The molecule has 0 aromatic heterocycles. The summed E-state index contributed by atoms with van der Waals surface area (Å²) < 4.78 is 5.32. The van der Waals surface area contributed by atoms with Crippen LogP contribution >= 0.6 is 11.8 Å². The molecule has 98 valence electrons. The Morgan fingerprint density at radius 2 is 2.17 bits per heavy atom. The number of methoxy groups -OCH3 is 1. The highest BCUT2D eigenvalue weighted by Crippen LogP contribution is 2.31. The fourth-order valence-electron chi connectivity index (χ4n) is 2.29. The van der Waals surface area contributed by atoms with Gasteiger partial charge in [0.2, 0.25) is 0 Å². The Morgan fingerprint density at radius 1 is 1.33 bits per heavy atom. The van der Waals surface area contributed by atoms with E-state index in [-0.39, 0.29) is 5.78 Å². The Morgan fingerprint density at radius 3 is 2.89 bits per heavy atom. The minimum Gasteiger partial charge on any atom is -0.496 e. The minimum absolute atomic E-state index is 0.0688. The number of hydrogen-bond acceptors (Lipinski definition) is 4. The highest BCUT2D eigenvalue weighted by Gasteiger charge is 2.19. The number of hydrogen-bond donors (Lipinski definition) is 0. The van der Waals surface area contributed by atoms with Gasteiger partial charge in [-0.1, -0.05) is 6.07 Å². The summed E-state index contributed by atoms with van der Waals surface area (Å²) >= 11 is 1.98. The first-order valence-corrected chi connectivity index (χ1v) is 7.40. The van der Waals surface area contributed by atoms with Crippen LogP contribution in [0.2, 0.25) is 0 Å². The van der Waals surface area contributed by atoms with Crippen LogP contribution in [-0.2, 0) is 0 Å². The van der Waals surface area contributed by atoms with Crippen molar-refractivity contribution >= 4 is 23.2 Å². The molecular formula is C14H19NO2S. The van der Waals surface area contributed by atoms with Crippen molar-refractivity contribution in [2.75, 3.05) is 36.6 Å². The van der Waals surface area contributed by atoms with Gasteiger partial charge >= 0.3 is 0 Å². The lowest BCUT2D eigenvalue weighted by atomic mass is 10.1. The number of Topliss-reactive ketones (excluding diaryl/α,β-unsaturated/α-hetero) is 1. The first-order valence-electron chi connectivity index (χ1n) is 6.24. The van der Waals surface area contributed by atoms with Gasteiger partial charge in [0.15, 0.2) is 5.78 Å². The number of carbonyl (C=O) groups excluding carboxylic acids is 1. The van der Waals surface area contributed by atoms with Crippen molar-refractivity contribution in [3.8, 4) is 5.75 Å². The summed E-state index contributed by atoms with van der Waals surface area (Å²) in [5, 5.41) is 0. The maximum atomic E-state index is 11.9. The summed E-state index contributed by atoms with van der Waals surface area (Å²) in [6, 6.07) is 5.83. The third-order valence-corrected chi connectivity index (χ3v) is 4.19. The summed E-state index contributed by atoms with van der Waals surface area (Å²) in [6.45, 7) is 3.62. The lowest BCUT2D eigenvalue weighted by molar-refractivity contribution is 0.101. The number of ketones is 1. The number of nitrogens with zero attached hydrogens (tertiary/aromatic N) is 1. The topological polar surface area (TPSA) is 29.5 Å². The maximum Gasteiger partial charge on any atom is 0.165 e. The summed E-state index contributed by atoms with van der Waals surface area (Å²) in [5.74, 6) is 3.07. The lowest BCUT2D eigenvalue weighted by Crippen LogP contribution is -2.27. The van der Waals surface area contributed by atoms with Gasteiger partial charge in [-0.15, -0.1) is 0 Å². The van der Waals surface area contributed by atoms with Crippen molar-refractivity contribution in [3.05, 3.63) is 23.8 Å². The Bertz CT molecular complexity index is 426. The fraction of sp³-hybridized carbons (Fsp3) is 0.500. The molecule has 1 saturated heterocycles. The van der Waals surface area contributed by atoms with Crippen molar-refractivity contribution in [1.29, 1.82) is 0 Å². The predicted octanol–water partition coefficient (Wildman–Crippen LogP) is 2.84. The molecule has 2 rings (SSSR count). The second kappa shape index (κ2) is 6.14. The minimum atomic E-state index is 0.0688. The molecule has 3 nitrogen and oxygen atoms in total. The van der Waals surface area contributed by atoms with Crippen molar-refractivity contribution in [3.63, 3.8) is 0 Å². The molecule has 1 aliphatic rings. The molecule has 1 aromatic carbocycles.